The van der Waals surface area contributed by atoms with E-state index in [2.05, 4.69) is 4.90 Å². The highest BCUT2D eigenvalue weighted by Crippen LogP contribution is 2.64. The number of aliphatic hydroxyl groups excluding tert-OH is 1. The quantitative estimate of drug-likeness (QED) is 0.362. The van der Waals surface area contributed by atoms with Crippen molar-refractivity contribution in [2.75, 3.05) is 13.6 Å². The fourth-order valence-electron chi connectivity index (χ4n) is 6.41. The van der Waals surface area contributed by atoms with Crippen molar-refractivity contribution < 1.29 is 43.9 Å². The van der Waals surface area contributed by atoms with E-state index in [0.29, 0.717) is 30.7 Å². The van der Waals surface area contributed by atoms with Gasteiger partial charge in [0, 0.05) is 23.6 Å². The average Bonchev–Trinajstić information content (AvgIpc) is 3.18. The molecule has 1 spiro atoms. The fourth-order valence-corrected chi connectivity index (χ4v) is 6.41. The molecule has 1 aromatic rings. The number of aliphatic carboxylic acids is 1. The molecule has 2 heterocycles. The summed E-state index contributed by atoms with van der Waals surface area (Å²) in [5.41, 5.74) is 5.98. The number of rotatable bonds is 7. The molecule has 5 N–H and O–H groups in total. The van der Waals surface area contributed by atoms with E-state index in [1.807, 2.05) is 19.2 Å². The van der Waals surface area contributed by atoms with E-state index < -0.39 is 53.6 Å². The summed E-state index contributed by atoms with van der Waals surface area (Å²) in [6.07, 6.45) is 0.269. The second-order valence-electron chi connectivity index (χ2n) is 10.1. The molecule has 6 atom stereocenters. The number of carbonyl (C=O) groups excluding carboxylic acids is 2. The Morgan fingerprint density at radius 2 is 2.06 bits per heavy atom. The lowest BCUT2D eigenvalue weighted by atomic mass is 9.50. The molecule has 194 valence electrons. The average molecular weight is 503 g/mol. The van der Waals surface area contributed by atoms with Crippen molar-refractivity contribution in [3.8, 4) is 5.75 Å². The van der Waals surface area contributed by atoms with Crippen LogP contribution in [0, 0.1) is 0 Å². The Labute approximate surface area is 207 Å². The molecule has 5 rings (SSSR count). The van der Waals surface area contributed by atoms with Crippen molar-refractivity contribution in [3.05, 3.63) is 40.7 Å². The van der Waals surface area contributed by atoms with Gasteiger partial charge in [-0.1, -0.05) is 12.1 Å². The summed E-state index contributed by atoms with van der Waals surface area (Å²) in [4.78, 5) is 37.9. The van der Waals surface area contributed by atoms with Crippen LogP contribution < -0.4 is 10.5 Å². The van der Waals surface area contributed by atoms with Gasteiger partial charge in [0.05, 0.1) is 24.0 Å². The van der Waals surface area contributed by atoms with Crippen molar-refractivity contribution >= 4 is 17.9 Å². The van der Waals surface area contributed by atoms with Gasteiger partial charge in [-0.25, -0.2) is 4.79 Å². The fraction of sp³-hybridized carbons (Fsp3) is 0.560. The highest BCUT2D eigenvalue weighted by Gasteiger charge is 2.71. The number of piperidine rings is 1. The largest absolute Gasteiger partial charge is 0.481 e. The summed E-state index contributed by atoms with van der Waals surface area (Å²) in [6.45, 7) is 1.77. The minimum atomic E-state index is -1.41. The van der Waals surface area contributed by atoms with Gasteiger partial charge in [-0.2, -0.15) is 0 Å². The molecule has 0 radical (unpaired) electrons. The molecule has 11 heteroatoms. The van der Waals surface area contributed by atoms with Crippen molar-refractivity contribution in [1.82, 2.24) is 4.90 Å². The van der Waals surface area contributed by atoms with Crippen LogP contribution in [0.4, 0.5) is 0 Å². The van der Waals surface area contributed by atoms with E-state index in [4.69, 9.17) is 25.1 Å². The molecule has 2 bridgehead atoms. The first-order valence-electron chi connectivity index (χ1n) is 12.0. The first-order valence-corrected chi connectivity index (χ1v) is 12.0. The molecule has 2 aliphatic heterocycles. The molecule has 2 aliphatic carbocycles. The number of likely N-dealkylation sites (tertiary alicyclic amines) is 1. The monoisotopic (exact) mass is 502 g/mol. The molecule has 0 amide bonds. The maximum absolute atomic E-state index is 12.9. The Hall–Kier alpha value is -2.99. The van der Waals surface area contributed by atoms with Crippen molar-refractivity contribution in [2.45, 2.75) is 74.5 Å². The van der Waals surface area contributed by atoms with Crippen LogP contribution in [0.15, 0.2) is 24.0 Å². The van der Waals surface area contributed by atoms with Crippen molar-refractivity contribution in [1.29, 1.82) is 0 Å². The standard InChI is InChI=1S/C25H30N2O9/c1-12(34-23(32)15(26)10-18(29)30)22(31)35-16-5-6-25(33)17-9-13-3-4-14(11-28)20-19(13)24(25,21(16)36-20)7-8-27(17)2/h3-5,12,15,17,21,28,33H,6-11,26H2,1-2H3,(H,29,30)/t12-,15-,17+,21-,24-,25+/m0/s1. The highest BCUT2D eigenvalue weighted by atomic mass is 16.6. The number of esters is 2. The molecule has 11 nitrogen and oxygen atoms in total. The third-order valence-corrected chi connectivity index (χ3v) is 8.17. The lowest BCUT2D eigenvalue weighted by Crippen LogP contribution is -2.74. The van der Waals surface area contributed by atoms with Gasteiger partial charge in [0.2, 0.25) is 0 Å². The van der Waals surface area contributed by atoms with Crippen LogP contribution in [0.5, 0.6) is 5.75 Å². The number of benzene rings is 1. The highest BCUT2D eigenvalue weighted by molar-refractivity contribution is 5.85. The number of carbonyl (C=O) groups is 3. The number of carboxylic acids is 1. The minimum absolute atomic E-state index is 0.167. The van der Waals surface area contributed by atoms with Gasteiger partial charge in [-0.15, -0.1) is 0 Å². The zero-order valence-corrected chi connectivity index (χ0v) is 20.1. The van der Waals surface area contributed by atoms with Gasteiger partial charge < -0.3 is 40.2 Å². The molecule has 0 saturated carbocycles. The van der Waals surface area contributed by atoms with E-state index in [-0.39, 0.29) is 24.8 Å². The van der Waals surface area contributed by atoms with E-state index in [1.165, 1.54) is 6.92 Å². The predicted molar refractivity (Wildman–Crippen MR) is 123 cm³/mol. The summed E-state index contributed by atoms with van der Waals surface area (Å²) >= 11 is 0. The lowest BCUT2D eigenvalue weighted by molar-refractivity contribution is -0.176. The van der Waals surface area contributed by atoms with Crippen molar-refractivity contribution in [3.63, 3.8) is 0 Å². The van der Waals surface area contributed by atoms with Gasteiger partial charge in [0.15, 0.2) is 12.2 Å². The number of carboxylic acid groups (broad SMARTS) is 1. The summed E-state index contributed by atoms with van der Waals surface area (Å²) < 4.78 is 17.1. The number of hydrogen-bond acceptors (Lipinski definition) is 10. The molecule has 0 aromatic heterocycles. The zero-order valence-electron chi connectivity index (χ0n) is 20.1. The first-order chi connectivity index (χ1) is 17.0. The van der Waals surface area contributed by atoms with Gasteiger partial charge in [-0.05, 0) is 45.0 Å². The minimum Gasteiger partial charge on any atom is -0.481 e. The number of aliphatic hydroxyl groups is 2. The van der Waals surface area contributed by atoms with E-state index >= 15 is 0 Å². The van der Waals surface area contributed by atoms with E-state index in [9.17, 15) is 24.6 Å². The molecule has 1 fully saturated rings. The zero-order chi connectivity index (χ0) is 26.0. The molecular weight excluding hydrogens is 472 g/mol. The number of nitrogens with two attached hydrogens (primary N) is 1. The summed E-state index contributed by atoms with van der Waals surface area (Å²) in [5, 5.41) is 30.9. The topological polar surface area (TPSA) is 169 Å². The summed E-state index contributed by atoms with van der Waals surface area (Å²) in [6, 6.07) is 2.21. The second kappa shape index (κ2) is 8.55. The van der Waals surface area contributed by atoms with E-state index in [0.717, 1.165) is 11.1 Å². The van der Waals surface area contributed by atoms with Gasteiger partial charge >= 0.3 is 17.9 Å². The van der Waals surface area contributed by atoms with Crippen LogP contribution in [0.3, 0.4) is 0 Å². The molecule has 4 aliphatic rings. The van der Waals surface area contributed by atoms with Crippen LogP contribution in [0.25, 0.3) is 0 Å². The first kappa shape index (κ1) is 24.7. The maximum atomic E-state index is 12.9. The van der Waals surface area contributed by atoms with Crippen LogP contribution in [0.2, 0.25) is 0 Å². The van der Waals surface area contributed by atoms with Gasteiger partial charge in [0.25, 0.3) is 0 Å². The second-order valence-corrected chi connectivity index (χ2v) is 10.1. The molecule has 36 heavy (non-hydrogen) atoms. The Morgan fingerprint density at radius 1 is 1.31 bits per heavy atom. The predicted octanol–water partition coefficient (Wildman–Crippen LogP) is -0.266. The maximum Gasteiger partial charge on any atom is 0.352 e. The van der Waals surface area contributed by atoms with Crippen LogP contribution in [-0.4, -0.2) is 81.6 Å². The van der Waals surface area contributed by atoms with Crippen molar-refractivity contribution in [2.24, 2.45) is 5.73 Å². The lowest BCUT2D eigenvalue weighted by Gasteiger charge is -2.61. The molecule has 1 aromatic carbocycles. The number of likely N-dealkylation sites (N-methyl/N-ethyl adjacent to an activating group) is 1. The Morgan fingerprint density at radius 3 is 2.75 bits per heavy atom. The normalized spacial score (nSPS) is 31.4. The van der Waals surface area contributed by atoms with Gasteiger partial charge in [0.1, 0.15) is 17.6 Å². The number of ether oxygens (including phenoxy) is 3. The molecule has 0 unspecified atom stereocenters. The SMILES string of the molecule is C[C@H](OC(=O)[C@@H](N)CC(=O)O)C(=O)OC1=CC[C@@]2(O)[C@H]3Cc4ccc(CO)c5c4[C@@]2(CCN3C)[C@H]1O5. The van der Waals surface area contributed by atoms with Crippen LogP contribution >= 0.6 is 0 Å². The number of nitrogens with zero attached hydrogens (tertiary/aromatic N) is 1. The Kier molecular flexibility index (Phi) is 5.86. The third kappa shape index (κ3) is 3.37. The van der Waals surface area contributed by atoms with Crippen LogP contribution in [0.1, 0.15) is 42.9 Å². The summed E-state index contributed by atoms with van der Waals surface area (Å²) in [5.74, 6) is -2.44. The Balaban J connectivity index is 1.45. The Bertz CT molecular complexity index is 1170. The molecular formula is C25H30N2O9. The van der Waals surface area contributed by atoms with E-state index in [1.54, 1.807) is 6.08 Å². The third-order valence-electron chi connectivity index (χ3n) is 8.17. The molecule has 1 saturated heterocycles. The summed E-state index contributed by atoms with van der Waals surface area (Å²) in [7, 11) is 1.98. The number of hydrogen-bond donors (Lipinski definition) is 4. The van der Waals surface area contributed by atoms with Crippen LogP contribution in [-0.2, 0) is 42.3 Å². The van der Waals surface area contributed by atoms with Gasteiger partial charge in [-0.3, -0.25) is 9.59 Å². The smallest absolute Gasteiger partial charge is 0.352 e.